The molecule has 7 nitrogen and oxygen atoms in total. The number of rotatable bonds is 3. The summed E-state index contributed by atoms with van der Waals surface area (Å²) in [5.41, 5.74) is 1.06. The molecule has 1 aliphatic heterocycles. The van der Waals surface area contributed by atoms with Crippen molar-refractivity contribution in [1.82, 2.24) is 25.0 Å². The van der Waals surface area contributed by atoms with Crippen molar-refractivity contribution in [2.75, 3.05) is 26.2 Å². The lowest BCUT2D eigenvalue weighted by molar-refractivity contribution is 0.0577. The highest BCUT2D eigenvalue weighted by Gasteiger charge is 2.28. The number of benzene rings is 2. The van der Waals surface area contributed by atoms with Crippen molar-refractivity contribution < 1.29 is 4.79 Å². The molecular weight excluding hydrogens is 398 g/mol. The zero-order valence-corrected chi connectivity index (χ0v) is 17.4. The first kappa shape index (κ1) is 18.9. The maximum Gasteiger partial charge on any atom is 0.275 e. The molecule has 0 radical (unpaired) electrons. The van der Waals surface area contributed by atoms with Crippen LogP contribution in [0.1, 0.15) is 28.5 Å². The Morgan fingerprint density at radius 2 is 1.73 bits per heavy atom. The summed E-state index contributed by atoms with van der Waals surface area (Å²) in [6.45, 7) is 4.94. The molecule has 152 valence electrons. The van der Waals surface area contributed by atoms with Crippen LogP contribution in [0.5, 0.6) is 0 Å². The molecule has 30 heavy (non-hydrogen) atoms. The summed E-state index contributed by atoms with van der Waals surface area (Å²) in [6.07, 6.45) is 0. The van der Waals surface area contributed by atoms with E-state index in [0.29, 0.717) is 29.6 Å². The highest BCUT2D eigenvalue weighted by atomic mass is 32.1. The Morgan fingerprint density at radius 3 is 2.50 bits per heavy atom. The van der Waals surface area contributed by atoms with E-state index in [4.69, 9.17) is 4.98 Å². The molecule has 4 aromatic rings. The quantitative estimate of drug-likeness (QED) is 0.552. The Kier molecular flexibility index (Phi) is 4.80. The van der Waals surface area contributed by atoms with E-state index >= 15 is 0 Å². The van der Waals surface area contributed by atoms with Crippen LogP contribution in [0.15, 0.2) is 53.3 Å². The Morgan fingerprint density at radius 1 is 1.03 bits per heavy atom. The molecule has 0 aliphatic carbocycles. The molecule has 1 fully saturated rings. The first-order chi connectivity index (χ1) is 14.6. The van der Waals surface area contributed by atoms with Crippen LogP contribution in [-0.2, 0) is 0 Å². The first-order valence-corrected chi connectivity index (χ1v) is 10.8. The monoisotopic (exact) mass is 419 g/mol. The van der Waals surface area contributed by atoms with Crippen LogP contribution in [0, 0.1) is 0 Å². The van der Waals surface area contributed by atoms with Crippen LogP contribution in [0.2, 0.25) is 0 Å². The smallest absolute Gasteiger partial charge is 0.275 e. The third-order valence-electron chi connectivity index (χ3n) is 5.72. The van der Waals surface area contributed by atoms with Gasteiger partial charge in [0.25, 0.3) is 11.5 Å². The number of piperazine rings is 1. The van der Waals surface area contributed by atoms with Crippen LogP contribution in [0.4, 0.5) is 0 Å². The van der Waals surface area contributed by atoms with E-state index in [2.05, 4.69) is 28.1 Å². The normalized spacial score (nSPS) is 16.2. The maximum atomic E-state index is 13.1. The van der Waals surface area contributed by atoms with E-state index in [0.717, 1.165) is 23.6 Å². The molecule has 0 spiro atoms. The SMILES string of the molecule is C[C@H](c1nc2ccccc2s1)N1CCN(C(=O)c2n[nH]c(=O)c3ccccc23)CC1. The zero-order chi connectivity index (χ0) is 20.7. The van der Waals surface area contributed by atoms with Crippen LogP contribution in [-0.4, -0.2) is 57.1 Å². The lowest BCUT2D eigenvalue weighted by Crippen LogP contribution is -2.49. The number of carbonyl (C=O) groups excluding carboxylic acids is 1. The van der Waals surface area contributed by atoms with Gasteiger partial charge in [0.2, 0.25) is 0 Å². The van der Waals surface area contributed by atoms with Crippen molar-refractivity contribution in [3.05, 3.63) is 69.6 Å². The van der Waals surface area contributed by atoms with Gasteiger partial charge in [-0.3, -0.25) is 14.5 Å². The number of hydrogen-bond acceptors (Lipinski definition) is 6. The molecule has 3 heterocycles. The second kappa shape index (κ2) is 7.62. The Balaban J connectivity index is 1.32. The fourth-order valence-corrected chi connectivity index (χ4v) is 5.02. The number of hydrogen-bond donors (Lipinski definition) is 1. The molecule has 1 saturated heterocycles. The lowest BCUT2D eigenvalue weighted by Gasteiger charge is -2.37. The zero-order valence-electron chi connectivity index (χ0n) is 16.5. The van der Waals surface area contributed by atoms with Crippen molar-refractivity contribution in [1.29, 1.82) is 0 Å². The van der Waals surface area contributed by atoms with Gasteiger partial charge in [-0.15, -0.1) is 11.3 Å². The minimum atomic E-state index is -0.281. The van der Waals surface area contributed by atoms with Gasteiger partial charge in [0.1, 0.15) is 5.01 Å². The average Bonchev–Trinajstić information content (AvgIpc) is 3.23. The average molecular weight is 420 g/mol. The first-order valence-electron chi connectivity index (χ1n) is 9.98. The van der Waals surface area contributed by atoms with Gasteiger partial charge in [0.05, 0.1) is 21.6 Å². The van der Waals surface area contributed by atoms with E-state index in [1.165, 1.54) is 4.70 Å². The Labute approximate surface area is 177 Å². The van der Waals surface area contributed by atoms with Crippen LogP contribution < -0.4 is 5.56 Å². The number of amides is 1. The summed E-state index contributed by atoms with van der Waals surface area (Å²) in [5, 5.41) is 8.69. The molecule has 1 amide bonds. The maximum absolute atomic E-state index is 13.1. The van der Waals surface area contributed by atoms with Gasteiger partial charge in [-0.1, -0.05) is 30.3 Å². The lowest BCUT2D eigenvalue weighted by atomic mass is 10.1. The number of nitrogens with one attached hydrogen (secondary N) is 1. The summed E-state index contributed by atoms with van der Waals surface area (Å²) in [5.74, 6) is -0.144. The molecule has 2 aromatic carbocycles. The van der Waals surface area contributed by atoms with Crippen molar-refractivity contribution in [2.24, 2.45) is 0 Å². The topological polar surface area (TPSA) is 82.2 Å². The standard InChI is InChI=1S/C22H21N5O2S/c1-14(21-23-17-8-4-5-9-18(17)30-21)26-10-12-27(13-11-26)22(29)19-15-6-2-3-7-16(15)20(28)25-24-19/h2-9,14H,10-13H2,1H3,(H,25,28)/t14-/m1/s1. The van der Waals surface area contributed by atoms with Crippen LogP contribution in [0.25, 0.3) is 21.0 Å². The van der Waals surface area contributed by atoms with Gasteiger partial charge < -0.3 is 4.90 Å². The third kappa shape index (κ3) is 3.28. The summed E-state index contributed by atoms with van der Waals surface area (Å²) in [4.78, 5) is 34.1. The number of para-hydroxylation sites is 1. The van der Waals surface area contributed by atoms with Crippen molar-refractivity contribution >= 4 is 38.2 Å². The number of fused-ring (bicyclic) bond motifs is 2. The fraction of sp³-hybridized carbons (Fsp3) is 0.273. The van der Waals surface area contributed by atoms with E-state index in [-0.39, 0.29) is 17.5 Å². The van der Waals surface area contributed by atoms with Crippen molar-refractivity contribution in [2.45, 2.75) is 13.0 Å². The number of aromatic amines is 1. The molecular formula is C22H21N5O2S. The number of H-pyrrole nitrogens is 1. The Hall–Kier alpha value is -3.10. The van der Waals surface area contributed by atoms with Gasteiger partial charge in [0, 0.05) is 31.6 Å². The number of nitrogens with zero attached hydrogens (tertiary/aromatic N) is 4. The number of aromatic nitrogens is 3. The molecule has 1 N–H and O–H groups in total. The van der Waals surface area contributed by atoms with E-state index in [1.807, 2.05) is 29.2 Å². The fourth-order valence-electron chi connectivity index (χ4n) is 3.96. The number of thiazole rings is 1. The van der Waals surface area contributed by atoms with Gasteiger partial charge in [-0.2, -0.15) is 5.10 Å². The summed E-state index contributed by atoms with van der Waals surface area (Å²) in [6, 6.07) is 15.5. The van der Waals surface area contributed by atoms with E-state index in [1.54, 1.807) is 29.5 Å². The number of carbonyl (C=O) groups is 1. The predicted octanol–water partition coefficient (Wildman–Crippen LogP) is 3.05. The molecule has 0 saturated carbocycles. The van der Waals surface area contributed by atoms with Crippen LogP contribution >= 0.6 is 11.3 Å². The summed E-state index contributed by atoms with van der Waals surface area (Å²) < 4.78 is 1.20. The highest BCUT2D eigenvalue weighted by Crippen LogP contribution is 2.30. The van der Waals surface area contributed by atoms with Gasteiger partial charge in [0.15, 0.2) is 5.69 Å². The molecule has 8 heteroatoms. The molecule has 0 bridgehead atoms. The van der Waals surface area contributed by atoms with E-state index < -0.39 is 0 Å². The molecule has 0 unspecified atom stereocenters. The predicted molar refractivity (Wildman–Crippen MR) is 118 cm³/mol. The van der Waals surface area contributed by atoms with Gasteiger partial charge >= 0.3 is 0 Å². The highest BCUT2D eigenvalue weighted by molar-refractivity contribution is 7.18. The summed E-state index contributed by atoms with van der Waals surface area (Å²) >= 11 is 1.73. The molecule has 1 aliphatic rings. The second-order valence-electron chi connectivity index (χ2n) is 7.47. The molecule has 1 atom stereocenters. The third-order valence-corrected chi connectivity index (χ3v) is 6.92. The van der Waals surface area contributed by atoms with Crippen molar-refractivity contribution in [3.63, 3.8) is 0 Å². The second-order valence-corrected chi connectivity index (χ2v) is 8.53. The molecule has 2 aromatic heterocycles. The van der Waals surface area contributed by atoms with E-state index in [9.17, 15) is 9.59 Å². The van der Waals surface area contributed by atoms with Crippen molar-refractivity contribution in [3.8, 4) is 0 Å². The minimum absolute atomic E-state index is 0.144. The minimum Gasteiger partial charge on any atom is -0.335 e. The summed E-state index contributed by atoms with van der Waals surface area (Å²) in [7, 11) is 0. The van der Waals surface area contributed by atoms with Gasteiger partial charge in [-0.05, 0) is 25.1 Å². The van der Waals surface area contributed by atoms with Crippen LogP contribution in [0.3, 0.4) is 0 Å². The largest absolute Gasteiger partial charge is 0.335 e. The molecule has 5 rings (SSSR count). The Bertz CT molecular complexity index is 1260. The van der Waals surface area contributed by atoms with Gasteiger partial charge in [-0.25, -0.2) is 10.1 Å².